The Bertz CT molecular complexity index is 416. The molecule has 1 heterocycles. The predicted molar refractivity (Wildman–Crippen MR) is 71.8 cm³/mol. The van der Waals surface area contributed by atoms with E-state index in [1.54, 1.807) is 13.2 Å². The smallest absolute Gasteiger partial charge is 0.123 e. The Morgan fingerprint density at radius 3 is 2.84 bits per heavy atom. The lowest BCUT2D eigenvalue weighted by Crippen LogP contribution is -2.54. The third kappa shape index (κ3) is 3.43. The summed E-state index contributed by atoms with van der Waals surface area (Å²) in [6, 6.07) is 4.59. The molecule has 2 rings (SSSR count). The molecule has 19 heavy (non-hydrogen) atoms. The van der Waals surface area contributed by atoms with Crippen molar-refractivity contribution in [3.05, 3.63) is 29.6 Å². The fourth-order valence-corrected chi connectivity index (χ4v) is 2.20. The first-order chi connectivity index (χ1) is 9.19. The second kappa shape index (κ2) is 6.32. The maximum absolute atomic E-state index is 13.2. The summed E-state index contributed by atoms with van der Waals surface area (Å²) in [5.74, 6) is 0.491. The standard InChI is InChI=1S/C14H21FN2O2/c1-18-13-3-2-12(15)6-11(13)4-5-17-8-14(7-16)9-19-10-14/h2-3,6,17H,4-5,7-10,16H2,1H3. The van der Waals surface area contributed by atoms with Crippen LogP contribution in [0.4, 0.5) is 4.39 Å². The van der Waals surface area contributed by atoms with Gasteiger partial charge >= 0.3 is 0 Å². The summed E-state index contributed by atoms with van der Waals surface area (Å²) < 4.78 is 23.6. The third-order valence-corrected chi connectivity index (χ3v) is 3.56. The SMILES string of the molecule is COc1ccc(F)cc1CCNCC1(CN)COC1. The molecule has 5 heteroatoms. The van der Waals surface area contributed by atoms with Crippen LogP contribution in [0.15, 0.2) is 18.2 Å². The molecule has 0 amide bonds. The van der Waals surface area contributed by atoms with Crippen molar-refractivity contribution in [3.63, 3.8) is 0 Å². The van der Waals surface area contributed by atoms with E-state index < -0.39 is 0 Å². The number of nitrogens with one attached hydrogen (secondary N) is 1. The summed E-state index contributed by atoms with van der Waals surface area (Å²) in [5, 5.41) is 3.36. The molecule has 1 aliphatic heterocycles. The van der Waals surface area contributed by atoms with Crippen LogP contribution in [0.1, 0.15) is 5.56 Å². The van der Waals surface area contributed by atoms with Gasteiger partial charge in [0.15, 0.2) is 0 Å². The molecule has 0 aromatic heterocycles. The van der Waals surface area contributed by atoms with Crippen molar-refractivity contribution >= 4 is 0 Å². The Kier molecular flexibility index (Phi) is 4.74. The van der Waals surface area contributed by atoms with Crippen LogP contribution < -0.4 is 15.8 Å². The Labute approximate surface area is 113 Å². The number of hydrogen-bond donors (Lipinski definition) is 2. The number of hydrogen-bond acceptors (Lipinski definition) is 4. The van der Waals surface area contributed by atoms with Crippen LogP contribution in [-0.4, -0.2) is 40.0 Å². The monoisotopic (exact) mass is 268 g/mol. The molecule has 0 bridgehead atoms. The molecule has 0 saturated carbocycles. The van der Waals surface area contributed by atoms with Gasteiger partial charge in [-0.05, 0) is 36.7 Å². The summed E-state index contributed by atoms with van der Waals surface area (Å²) in [6.07, 6.45) is 0.725. The third-order valence-electron chi connectivity index (χ3n) is 3.56. The van der Waals surface area contributed by atoms with Gasteiger partial charge < -0.3 is 20.5 Å². The van der Waals surface area contributed by atoms with Crippen LogP contribution in [0.3, 0.4) is 0 Å². The van der Waals surface area contributed by atoms with Crippen molar-refractivity contribution in [1.29, 1.82) is 0 Å². The quantitative estimate of drug-likeness (QED) is 0.723. The first kappa shape index (κ1) is 14.2. The molecule has 1 fully saturated rings. The molecule has 3 N–H and O–H groups in total. The molecule has 0 atom stereocenters. The average Bonchev–Trinajstić information content (AvgIpc) is 2.37. The molecule has 1 aromatic carbocycles. The van der Waals surface area contributed by atoms with Crippen LogP contribution in [0, 0.1) is 11.2 Å². The molecule has 0 radical (unpaired) electrons. The highest BCUT2D eigenvalue weighted by Gasteiger charge is 2.36. The lowest BCUT2D eigenvalue weighted by Gasteiger charge is -2.40. The summed E-state index contributed by atoms with van der Waals surface area (Å²) >= 11 is 0. The lowest BCUT2D eigenvalue weighted by molar-refractivity contribution is -0.104. The number of methoxy groups -OCH3 is 1. The van der Waals surface area contributed by atoms with Crippen molar-refractivity contribution in [2.24, 2.45) is 11.1 Å². The highest BCUT2D eigenvalue weighted by molar-refractivity contribution is 5.34. The van der Waals surface area contributed by atoms with Gasteiger partial charge in [-0.15, -0.1) is 0 Å². The van der Waals surface area contributed by atoms with E-state index in [9.17, 15) is 4.39 Å². The highest BCUT2D eigenvalue weighted by atomic mass is 19.1. The van der Waals surface area contributed by atoms with E-state index in [0.29, 0.717) is 6.54 Å². The Morgan fingerprint density at radius 1 is 1.47 bits per heavy atom. The molecular formula is C14H21FN2O2. The van der Waals surface area contributed by atoms with Gasteiger partial charge in [0, 0.05) is 18.5 Å². The van der Waals surface area contributed by atoms with Crippen LogP contribution in [0.2, 0.25) is 0 Å². The molecule has 1 aliphatic rings. The van der Waals surface area contributed by atoms with Crippen LogP contribution in [-0.2, 0) is 11.2 Å². The molecule has 1 saturated heterocycles. The molecule has 4 nitrogen and oxygen atoms in total. The Morgan fingerprint density at radius 2 is 2.26 bits per heavy atom. The maximum Gasteiger partial charge on any atom is 0.123 e. The van der Waals surface area contributed by atoms with Gasteiger partial charge in [-0.2, -0.15) is 0 Å². The first-order valence-corrected chi connectivity index (χ1v) is 6.50. The van der Waals surface area contributed by atoms with E-state index in [1.807, 2.05) is 0 Å². The topological polar surface area (TPSA) is 56.5 Å². The van der Waals surface area contributed by atoms with Crippen molar-refractivity contribution in [2.75, 3.05) is 40.0 Å². The van der Waals surface area contributed by atoms with E-state index in [2.05, 4.69) is 5.32 Å². The van der Waals surface area contributed by atoms with Crippen LogP contribution in [0.25, 0.3) is 0 Å². The largest absolute Gasteiger partial charge is 0.496 e. The predicted octanol–water partition coefficient (Wildman–Crippen LogP) is 0.942. The second-order valence-electron chi connectivity index (χ2n) is 5.08. The van der Waals surface area contributed by atoms with E-state index in [-0.39, 0.29) is 11.2 Å². The molecular weight excluding hydrogens is 247 g/mol. The van der Waals surface area contributed by atoms with Crippen LogP contribution >= 0.6 is 0 Å². The fraction of sp³-hybridized carbons (Fsp3) is 0.571. The lowest BCUT2D eigenvalue weighted by atomic mass is 9.86. The number of nitrogens with two attached hydrogens (primary N) is 1. The average molecular weight is 268 g/mol. The zero-order chi connectivity index (χ0) is 13.7. The molecule has 0 aliphatic carbocycles. The molecule has 106 valence electrons. The number of halogens is 1. The minimum atomic E-state index is -0.235. The van der Waals surface area contributed by atoms with E-state index in [4.69, 9.17) is 15.2 Å². The van der Waals surface area contributed by atoms with Gasteiger partial charge in [-0.25, -0.2) is 4.39 Å². The molecule has 0 spiro atoms. The molecule has 0 unspecified atom stereocenters. The second-order valence-corrected chi connectivity index (χ2v) is 5.08. The van der Waals surface area contributed by atoms with Gasteiger partial charge in [0.2, 0.25) is 0 Å². The van der Waals surface area contributed by atoms with Gasteiger partial charge in [-0.3, -0.25) is 0 Å². The van der Waals surface area contributed by atoms with Gasteiger partial charge in [-0.1, -0.05) is 0 Å². The first-order valence-electron chi connectivity index (χ1n) is 6.50. The zero-order valence-corrected chi connectivity index (χ0v) is 11.2. The van der Waals surface area contributed by atoms with Gasteiger partial charge in [0.25, 0.3) is 0 Å². The van der Waals surface area contributed by atoms with E-state index in [0.717, 1.165) is 44.0 Å². The Hall–Kier alpha value is -1.17. The van der Waals surface area contributed by atoms with E-state index >= 15 is 0 Å². The normalized spacial score (nSPS) is 17.0. The minimum absolute atomic E-state index is 0.0893. The van der Waals surface area contributed by atoms with Gasteiger partial charge in [0.05, 0.1) is 20.3 Å². The fourth-order valence-electron chi connectivity index (χ4n) is 2.20. The van der Waals surface area contributed by atoms with Crippen molar-refractivity contribution < 1.29 is 13.9 Å². The summed E-state index contributed by atoms with van der Waals surface area (Å²) in [5.41, 5.74) is 6.70. The zero-order valence-electron chi connectivity index (χ0n) is 11.2. The summed E-state index contributed by atoms with van der Waals surface area (Å²) in [6.45, 7) is 3.67. The van der Waals surface area contributed by atoms with Crippen LogP contribution in [0.5, 0.6) is 5.75 Å². The number of rotatable bonds is 7. The maximum atomic E-state index is 13.2. The van der Waals surface area contributed by atoms with Crippen molar-refractivity contribution in [3.8, 4) is 5.75 Å². The van der Waals surface area contributed by atoms with Crippen molar-refractivity contribution in [2.45, 2.75) is 6.42 Å². The summed E-state index contributed by atoms with van der Waals surface area (Å²) in [4.78, 5) is 0. The number of ether oxygens (including phenoxy) is 2. The van der Waals surface area contributed by atoms with E-state index in [1.165, 1.54) is 12.1 Å². The minimum Gasteiger partial charge on any atom is -0.496 e. The summed E-state index contributed by atoms with van der Waals surface area (Å²) in [7, 11) is 1.60. The Balaban J connectivity index is 1.80. The van der Waals surface area contributed by atoms with Crippen molar-refractivity contribution in [1.82, 2.24) is 5.32 Å². The van der Waals surface area contributed by atoms with Gasteiger partial charge in [0.1, 0.15) is 11.6 Å². The number of benzene rings is 1. The molecule has 1 aromatic rings. The highest BCUT2D eigenvalue weighted by Crippen LogP contribution is 2.25.